The van der Waals surface area contributed by atoms with Crippen LogP contribution >= 0.6 is 0 Å². The van der Waals surface area contributed by atoms with Crippen molar-refractivity contribution in [2.75, 3.05) is 14.1 Å². The zero-order chi connectivity index (χ0) is 30.3. The molecule has 1 saturated heterocycles. The van der Waals surface area contributed by atoms with Crippen molar-refractivity contribution in [3.8, 4) is 0 Å². The maximum absolute atomic E-state index is 13.1. The fraction of sp³-hybridized carbons (Fsp3) is 0.806. The summed E-state index contributed by atoms with van der Waals surface area (Å²) in [6.45, 7) is 13.2. The Morgan fingerprint density at radius 3 is 2.23 bits per heavy atom. The molecule has 9 heteroatoms. The Kier molecular flexibility index (Phi) is 13.5. The molecule has 12 unspecified atom stereocenters. The lowest BCUT2D eigenvalue weighted by Gasteiger charge is -2.46. The van der Waals surface area contributed by atoms with Crippen LogP contribution in [0.4, 0.5) is 0 Å². The second-order valence-electron chi connectivity index (χ2n) is 12.1. The molecular formula is C31H53NO8. The van der Waals surface area contributed by atoms with Crippen LogP contribution < -0.4 is 0 Å². The average molecular weight is 568 g/mol. The minimum Gasteiger partial charge on any atom is -0.462 e. The average Bonchev–Trinajstić information content (AvgIpc) is 2.89. The summed E-state index contributed by atoms with van der Waals surface area (Å²) in [5, 5.41) is 33.0. The second-order valence-corrected chi connectivity index (χ2v) is 12.1. The number of nitrogens with zero attached hydrogens (tertiary/aromatic N) is 1. The second kappa shape index (κ2) is 15.6. The quantitative estimate of drug-likeness (QED) is 0.429. The van der Waals surface area contributed by atoms with Gasteiger partial charge in [-0.25, -0.2) is 0 Å². The maximum Gasteiger partial charge on any atom is 0.308 e. The van der Waals surface area contributed by atoms with Gasteiger partial charge in [0.25, 0.3) is 0 Å². The van der Waals surface area contributed by atoms with Gasteiger partial charge in [-0.05, 0) is 52.8 Å². The van der Waals surface area contributed by atoms with Crippen LogP contribution in [0.1, 0.15) is 74.1 Å². The smallest absolute Gasteiger partial charge is 0.308 e. The number of ether oxygens (including phenoxy) is 3. The summed E-state index contributed by atoms with van der Waals surface area (Å²) >= 11 is 0. The Morgan fingerprint density at radius 1 is 1.00 bits per heavy atom. The van der Waals surface area contributed by atoms with E-state index in [1.54, 1.807) is 38.1 Å². The molecule has 2 rings (SSSR count). The summed E-state index contributed by atoms with van der Waals surface area (Å²) in [6, 6.07) is -0.620. The molecule has 12 atom stereocenters. The predicted octanol–water partition coefficient (Wildman–Crippen LogP) is 3.25. The van der Waals surface area contributed by atoms with Crippen LogP contribution in [0.5, 0.6) is 0 Å². The van der Waals surface area contributed by atoms with Crippen molar-refractivity contribution in [1.82, 2.24) is 4.90 Å². The number of carbonyl (C=O) groups is 2. The van der Waals surface area contributed by atoms with Crippen LogP contribution in [0.15, 0.2) is 23.8 Å². The fourth-order valence-electron chi connectivity index (χ4n) is 5.97. The van der Waals surface area contributed by atoms with Gasteiger partial charge in [0.2, 0.25) is 0 Å². The number of esters is 1. The Hall–Kier alpha value is -1.62. The van der Waals surface area contributed by atoms with E-state index in [1.807, 2.05) is 47.6 Å². The highest BCUT2D eigenvalue weighted by Gasteiger charge is 2.47. The van der Waals surface area contributed by atoms with E-state index in [0.717, 1.165) is 5.57 Å². The minimum absolute atomic E-state index is 0.00487. The van der Waals surface area contributed by atoms with E-state index >= 15 is 0 Å². The number of rotatable bonds is 5. The summed E-state index contributed by atoms with van der Waals surface area (Å²) in [6.07, 6.45) is 1.09. The lowest BCUT2D eigenvalue weighted by atomic mass is 9.80. The van der Waals surface area contributed by atoms with Crippen molar-refractivity contribution < 1.29 is 39.1 Å². The molecule has 0 aromatic rings. The molecule has 40 heavy (non-hydrogen) atoms. The summed E-state index contributed by atoms with van der Waals surface area (Å²) in [4.78, 5) is 27.7. The molecule has 0 amide bonds. The van der Waals surface area contributed by atoms with Gasteiger partial charge in [-0.1, -0.05) is 58.8 Å². The number of allylic oxidation sites excluding steroid dienone is 3. The van der Waals surface area contributed by atoms with Gasteiger partial charge in [-0.2, -0.15) is 0 Å². The van der Waals surface area contributed by atoms with E-state index in [-0.39, 0.29) is 36.1 Å². The fourth-order valence-corrected chi connectivity index (χ4v) is 5.97. The Bertz CT molecular complexity index is 889. The van der Waals surface area contributed by atoms with E-state index < -0.39 is 54.7 Å². The number of hydrogen-bond donors (Lipinski definition) is 3. The molecule has 0 aliphatic carbocycles. The van der Waals surface area contributed by atoms with Crippen LogP contribution in [-0.4, -0.2) is 95.0 Å². The molecule has 230 valence electrons. The Labute approximate surface area is 240 Å². The molecule has 2 aliphatic heterocycles. The van der Waals surface area contributed by atoms with Gasteiger partial charge < -0.3 is 34.4 Å². The molecule has 0 spiro atoms. The van der Waals surface area contributed by atoms with Crippen molar-refractivity contribution in [2.24, 2.45) is 23.7 Å². The SMILES string of the molecule is CCC1CC(C)C(=O)/C=C/C(C)=C/C(C)C(CC)OC(=O)CC(O)C(C)C1OC1OC(C)C(O)C(N(C)C)C1O. The van der Waals surface area contributed by atoms with Gasteiger partial charge in [0.05, 0.1) is 36.9 Å². The van der Waals surface area contributed by atoms with Gasteiger partial charge in [0, 0.05) is 17.8 Å². The number of hydrogen-bond acceptors (Lipinski definition) is 9. The molecule has 3 N–H and O–H groups in total. The Morgan fingerprint density at radius 2 is 1.65 bits per heavy atom. The van der Waals surface area contributed by atoms with Gasteiger partial charge >= 0.3 is 5.97 Å². The van der Waals surface area contributed by atoms with E-state index in [2.05, 4.69) is 0 Å². The molecule has 0 saturated carbocycles. The minimum atomic E-state index is -1.16. The first kappa shape index (κ1) is 34.6. The predicted molar refractivity (Wildman–Crippen MR) is 153 cm³/mol. The highest BCUT2D eigenvalue weighted by Crippen LogP contribution is 2.34. The van der Waals surface area contributed by atoms with Crippen molar-refractivity contribution in [2.45, 2.75) is 123 Å². The number of aliphatic hydroxyl groups excluding tert-OH is 3. The van der Waals surface area contributed by atoms with Gasteiger partial charge in [0.1, 0.15) is 12.2 Å². The Balaban J connectivity index is 2.45. The lowest BCUT2D eigenvalue weighted by molar-refractivity contribution is -0.304. The van der Waals surface area contributed by atoms with E-state index in [9.17, 15) is 24.9 Å². The van der Waals surface area contributed by atoms with Crippen molar-refractivity contribution >= 4 is 11.8 Å². The highest BCUT2D eigenvalue weighted by atomic mass is 16.7. The lowest BCUT2D eigenvalue weighted by Crippen LogP contribution is -2.63. The number of carbonyl (C=O) groups excluding carboxylic acids is 2. The summed E-state index contributed by atoms with van der Waals surface area (Å²) in [5.41, 5.74) is 0.909. The third kappa shape index (κ3) is 8.94. The van der Waals surface area contributed by atoms with Gasteiger partial charge in [0.15, 0.2) is 12.1 Å². The standard InChI is InChI=1S/C31H53NO8/c1-10-22-15-18(4)23(33)13-12-17(3)14-19(5)25(11-2)39-26(35)16-24(34)20(6)30(22)40-31-29(37)27(32(8)9)28(36)21(7)38-31/h12-14,18-22,24-25,27-31,34,36-37H,10-11,15-16H2,1-9H3/b13-12+,17-14+. The molecule has 1 fully saturated rings. The number of aliphatic hydroxyl groups is 3. The number of ketones is 1. The molecule has 2 aliphatic rings. The van der Waals surface area contributed by atoms with Gasteiger partial charge in [-0.3, -0.25) is 9.59 Å². The molecule has 0 aromatic heterocycles. The first-order valence-corrected chi connectivity index (χ1v) is 14.8. The van der Waals surface area contributed by atoms with Crippen LogP contribution in [0, 0.1) is 23.7 Å². The summed E-state index contributed by atoms with van der Waals surface area (Å²) in [7, 11) is 3.54. The third-order valence-corrected chi connectivity index (χ3v) is 8.64. The summed E-state index contributed by atoms with van der Waals surface area (Å²) < 4.78 is 18.2. The van der Waals surface area contributed by atoms with E-state index in [0.29, 0.717) is 19.3 Å². The number of likely N-dealkylation sites (N-methyl/N-ethyl adjacent to an activating group) is 1. The van der Waals surface area contributed by atoms with Crippen LogP contribution in [0.25, 0.3) is 0 Å². The van der Waals surface area contributed by atoms with Crippen molar-refractivity contribution in [3.05, 3.63) is 23.8 Å². The van der Waals surface area contributed by atoms with Crippen molar-refractivity contribution in [3.63, 3.8) is 0 Å². The normalized spacial score (nSPS) is 43.2. The topological polar surface area (TPSA) is 126 Å². The summed E-state index contributed by atoms with van der Waals surface area (Å²) in [5.74, 6) is -1.60. The molecule has 0 radical (unpaired) electrons. The molecule has 0 bridgehead atoms. The molecule has 0 aromatic carbocycles. The van der Waals surface area contributed by atoms with Crippen LogP contribution in [0.3, 0.4) is 0 Å². The third-order valence-electron chi connectivity index (χ3n) is 8.64. The molecule has 9 nitrogen and oxygen atoms in total. The highest BCUT2D eigenvalue weighted by molar-refractivity contribution is 5.91. The zero-order valence-electron chi connectivity index (χ0n) is 25.8. The monoisotopic (exact) mass is 567 g/mol. The van der Waals surface area contributed by atoms with Crippen LogP contribution in [0.2, 0.25) is 0 Å². The first-order valence-electron chi connectivity index (χ1n) is 14.8. The van der Waals surface area contributed by atoms with E-state index in [4.69, 9.17) is 14.2 Å². The zero-order valence-corrected chi connectivity index (χ0v) is 25.8. The van der Waals surface area contributed by atoms with Gasteiger partial charge in [-0.15, -0.1) is 0 Å². The molecule has 2 heterocycles. The maximum atomic E-state index is 13.1. The number of cyclic esters (lactones) is 1. The van der Waals surface area contributed by atoms with E-state index in [1.165, 1.54) is 0 Å². The molecular weight excluding hydrogens is 514 g/mol. The largest absolute Gasteiger partial charge is 0.462 e. The first-order chi connectivity index (χ1) is 18.7. The van der Waals surface area contributed by atoms with Crippen LogP contribution in [-0.2, 0) is 23.8 Å². The van der Waals surface area contributed by atoms with Crippen molar-refractivity contribution in [1.29, 1.82) is 0 Å².